The zero-order valence-corrected chi connectivity index (χ0v) is 11.0. The number of ether oxygens (including phenoxy) is 1. The largest absolute Gasteiger partial charge is 0.496 e. The maximum absolute atomic E-state index is 11.1. The van der Waals surface area contributed by atoms with Crippen LogP contribution in [0.5, 0.6) is 5.75 Å². The van der Waals surface area contributed by atoms with E-state index in [9.17, 15) is 4.79 Å². The Morgan fingerprint density at radius 3 is 2.67 bits per heavy atom. The Hall–Kier alpha value is -1.35. The van der Waals surface area contributed by atoms with Gasteiger partial charge in [0.25, 0.3) is 0 Å². The van der Waals surface area contributed by atoms with E-state index in [-0.39, 0.29) is 0 Å². The van der Waals surface area contributed by atoms with Gasteiger partial charge in [0.2, 0.25) is 0 Å². The molecule has 0 N–H and O–H groups in total. The average molecular weight is 247 g/mol. The minimum absolute atomic E-state index is 0.413. The first-order valence-electron chi connectivity index (χ1n) is 6.65. The molecule has 0 amide bonds. The Labute approximate surface area is 109 Å². The Morgan fingerprint density at radius 2 is 1.94 bits per heavy atom. The Kier molecular flexibility index (Phi) is 4.76. The standard InChI is InChI=1S/C15H21NO2/c1-18-15-7-3-2-5-13(15)6-4-10-16-11-8-14(17)9-12-16/h2-3,5,7H,4,6,8-12H2,1H3. The smallest absolute Gasteiger partial charge is 0.135 e. The van der Waals surface area contributed by atoms with Crippen molar-refractivity contribution in [3.8, 4) is 5.75 Å². The van der Waals surface area contributed by atoms with E-state index in [0.717, 1.165) is 51.1 Å². The van der Waals surface area contributed by atoms with E-state index < -0.39 is 0 Å². The summed E-state index contributed by atoms with van der Waals surface area (Å²) < 4.78 is 5.34. The molecule has 1 aromatic rings. The highest BCUT2D eigenvalue weighted by Gasteiger charge is 2.15. The van der Waals surface area contributed by atoms with Gasteiger partial charge in [0.15, 0.2) is 0 Å². The molecule has 0 atom stereocenters. The fourth-order valence-electron chi connectivity index (χ4n) is 2.43. The highest BCUT2D eigenvalue weighted by molar-refractivity contribution is 5.79. The summed E-state index contributed by atoms with van der Waals surface area (Å²) in [6.07, 6.45) is 3.62. The first-order chi connectivity index (χ1) is 8.79. The van der Waals surface area contributed by atoms with Gasteiger partial charge in [-0.2, -0.15) is 0 Å². The molecule has 18 heavy (non-hydrogen) atoms. The molecule has 1 fully saturated rings. The number of para-hydroxylation sites is 1. The van der Waals surface area contributed by atoms with Gasteiger partial charge in [-0.05, 0) is 31.0 Å². The van der Waals surface area contributed by atoms with Crippen LogP contribution in [0.25, 0.3) is 0 Å². The van der Waals surface area contributed by atoms with Crippen LogP contribution in [0.4, 0.5) is 0 Å². The van der Waals surface area contributed by atoms with Crippen molar-refractivity contribution in [2.75, 3.05) is 26.7 Å². The zero-order chi connectivity index (χ0) is 12.8. The molecule has 0 unspecified atom stereocenters. The molecule has 3 heteroatoms. The number of ketones is 1. The molecule has 1 aliphatic heterocycles. The molecule has 0 bridgehead atoms. The van der Waals surface area contributed by atoms with Crippen molar-refractivity contribution in [2.45, 2.75) is 25.7 Å². The highest BCUT2D eigenvalue weighted by Crippen LogP contribution is 2.19. The van der Waals surface area contributed by atoms with Crippen LogP contribution >= 0.6 is 0 Å². The van der Waals surface area contributed by atoms with Gasteiger partial charge < -0.3 is 9.64 Å². The molecule has 0 saturated carbocycles. The molecule has 98 valence electrons. The third-order valence-corrected chi connectivity index (χ3v) is 3.53. The molecule has 0 spiro atoms. The van der Waals surface area contributed by atoms with Gasteiger partial charge in [-0.25, -0.2) is 0 Å². The lowest BCUT2D eigenvalue weighted by Crippen LogP contribution is -2.34. The van der Waals surface area contributed by atoms with Crippen LogP contribution in [0.1, 0.15) is 24.8 Å². The fourth-order valence-corrected chi connectivity index (χ4v) is 2.43. The third-order valence-electron chi connectivity index (χ3n) is 3.53. The Balaban J connectivity index is 1.76. The first-order valence-corrected chi connectivity index (χ1v) is 6.65. The highest BCUT2D eigenvalue weighted by atomic mass is 16.5. The fraction of sp³-hybridized carbons (Fsp3) is 0.533. The molecular formula is C15H21NO2. The number of aryl methyl sites for hydroxylation is 1. The molecule has 0 radical (unpaired) electrons. The number of rotatable bonds is 5. The van der Waals surface area contributed by atoms with Crippen LogP contribution in [-0.2, 0) is 11.2 Å². The number of carbonyl (C=O) groups is 1. The lowest BCUT2D eigenvalue weighted by molar-refractivity contribution is -0.121. The van der Waals surface area contributed by atoms with E-state index in [2.05, 4.69) is 17.0 Å². The van der Waals surface area contributed by atoms with Crippen LogP contribution in [0.15, 0.2) is 24.3 Å². The van der Waals surface area contributed by atoms with Gasteiger partial charge in [0.1, 0.15) is 11.5 Å². The lowest BCUT2D eigenvalue weighted by atomic mass is 10.1. The van der Waals surface area contributed by atoms with Crippen molar-refractivity contribution in [2.24, 2.45) is 0 Å². The first kappa shape index (κ1) is 13.1. The summed E-state index contributed by atoms with van der Waals surface area (Å²) in [7, 11) is 1.72. The molecule has 2 rings (SSSR count). The molecule has 0 aromatic heterocycles. The van der Waals surface area contributed by atoms with Crippen molar-refractivity contribution in [3.05, 3.63) is 29.8 Å². The summed E-state index contributed by atoms with van der Waals surface area (Å²) in [5.74, 6) is 1.39. The number of carbonyl (C=O) groups excluding carboxylic acids is 1. The summed E-state index contributed by atoms with van der Waals surface area (Å²) >= 11 is 0. The van der Waals surface area contributed by atoms with Gasteiger partial charge in [-0.1, -0.05) is 18.2 Å². The second kappa shape index (κ2) is 6.55. The maximum atomic E-state index is 11.1. The van der Waals surface area contributed by atoms with E-state index >= 15 is 0 Å². The maximum Gasteiger partial charge on any atom is 0.135 e. The molecule has 1 heterocycles. The number of nitrogens with zero attached hydrogens (tertiary/aromatic N) is 1. The molecule has 1 aromatic carbocycles. The number of hydrogen-bond acceptors (Lipinski definition) is 3. The lowest BCUT2D eigenvalue weighted by Gasteiger charge is -2.25. The second-order valence-electron chi connectivity index (χ2n) is 4.80. The van der Waals surface area contributed by atoms with E-state index in [0.29, 0.717) is 5.78 Å². The van der Waals surface area contributed by atoms with Gasteiger partial charge >= 0.3 is 0 Å². The minimum Gasteiger partial charge on any atom is -0.496 e. The zero-order valence-electron chi connectivity index (χ0n) is 11.0. The quantitative estimate of drug-likeness (QED) is 0.799. The van der Waals surface area contributed by atoms with Gasteiger partial charge in [0.05, 0.1) is 7.11 Å². The minimum atomic E-state index is 0.413. The summed E-state index contributed by atoms with van der Waals surface area (Å²) in [5, 5.41) is 0. The normalized spacial score (nSPS) is 16.8. The molecule has 1 aliphatic rings. The predicted molar refractivity (Wildman–Crippen MR) is 72.0 cm³/mol. The van der Waals surface area contributed by atoms with E-state index in [4.69, 9.17) is 4.74 Å². The second-order valence-corrected chi connectivity index (χ2v) is 4.80. The molecule has 1 saturated heterocycles. The van der Waals surface area contributed by atoms with Crippen LogP contribution in [0, 0.1) is 0 Å². The third kappa shape index (κ3) is 3.57. The van der Waals surface area contributed by atoms with Crippen molar-refractivity contribution >= 4 is 5.78 Å². The molecule has 0 aliphatic carbocycles. The Morgan fingerprint density at radius 1 is 1.22 bits per heavy atom. The number of methoxy groups -OCH3 is 1. The van der Waals surface area contributed by atoms with Crippen molar-refractivity contribution in [3.63, 3.8) is 0 Å². The predicted octanol–water partition coefficient (Wildman–Crippen LogP) is 2.29. The average Bonchev–Trinajstić information content (AvgIpc) is 2.41. The SMILES string of the molecule is COc1ccccc1CCCN1CCC(=O)CC1. The number of hydrogen-bond donors (Lipinski definition) is 0. The summed E-state index contributed by atoms with van der Waals surface area (Å²) in [5.41, 5.74) is 1.27. The number of likely N-dealkylation sites (tertiary alicyclic amines) is 1. The monoisotopic (exact) mass is 247 g/mol. The topological polar surface area (TPSA) is 29.5 Å². The van der Waals surface area contributed by atoms with Crippen molar-refractivity contribution in [1.82, 2.24) is 4.90 Å². The molecule has 3 nitrogen and oxygen atoms in total. The van der Waals surface area contributed by atoms with Gasteiger partial charge in [-0.15, -0.1) is 0 Å². The summed E-state index contributed by atoms with van der Waals surface area (Å²) in [4.78, 5) is 13.5. The van der Waals surface area contributed by atoms with Crippen LogP contribution < -0.4 is 4.74 Å². The van der Waals surface area contributed by atoms with Crippen LogP contribution in [0.2, 0.25) is 0 Å². The summed E-state index contributed by atoms with van der Waals surface area (Å²) in [6.45, 7) is 2.95. The number of benzene rings is 1. The van der Waals surface area contributed by atoms with Crippen LogP contribution in [0.3, 0.4) is 0 Å². The van der Waals surface area contributed by atoms with E-state index in [1.54, 1.807) is 7.11 Å². The van der Waals surface area contributed by atoms with Crippen LogP contribution in [-0.4, -0.2) is 37.4 Å². The van der Waals surface area contributed by atoms with E-state index in [1.807, 2.05) is 12.1 Å². The number of piperidine rings is 1. The van der Waals surface area contributed by atoms with Crippen molar-refractivity contribution < 1.29 is 9.53 Å². The number of Topliss-reactive ketones (excluding diaryl/α,β-unsaturated/α-hetero) is 1. The van der Waals surface area contributed by atoms with Gasteiger partial charge in [0, 0.05) is 25.9 Å². The molecular weight excluding hydrogens is 226 g/mol. The Bertz CT molecular complexity index is 393. The van der Waals surface area contributed by atoms with E-state index in [1.165, 1.54) is 5.56 Å². The van der Waals surface area contributed by atoms with Gasteiger partial charge in [-0.3, -0.25) is 4.79 Å². The van der Waals surface area contributed by atoms with Crippen molar-refractivity contribution in [1.29, 1.82) is 0 Å². The summed E-state index contributed by atoms with van der Waals surface area (Å²) in [6, 6.07) is 8.18.